The number of halogens is 3. The number of hydrogen-bond donors (Lipinski definition) is 1. The summed E-state index contributed by atoms with van der Waals surface area (Å²) in [5.74, 6) is -0.672. The summed E-state index contributed by atoms with van der Waals surface area (Å²) in [6.07, 6.45) is 0.379. The van der Waals surface area contributed by atoms with Gasteiger partial charge in [0.2, 0.25) is 10.0 Å². The third-order valence-electron chi connectivity index (χ3n) is 4.75. The van der Waals surface area contributed by atoms with Crippen LogP contribution in [0.15, 0.2) is 47.4 Å². The van der Waals surface area contributed by atoms with Gasteiger partial charge in [-0.2, -0.15) is 13.1 Å². The highest BCUT2D eigenvalue weighted by Crippen LogP contribution is 2.30. The predicted molar refractivity (Wildman–Crippen MR) is 115 cm³/mol. The fourth-order valence-corrected chi connectivity index (χ4v) is 4.85. The molecular weight excluding hydrogens is 450 g/mol. The summed E-state index contributed by atoms with van der Waals surface area (Å²) in [4.78, 5) is 12.9. The average Bonchev–Trinajstić information content (AvgIpc) is 2.72. The van der Waals surface area contributed by atoms with E-state index in [4.69, 9.17) is 11.6 Å². The van der Waals surface area contributed by atoms with E-state index in [1.807, 2.05) is 0 Å². The predicted octanol–water partition coefficient (Wildman–Crippen LogP) is 4.85. The van der Waals surface area contributed by atoms with E-state index < -0.39 is 28.6 Å². The molecule has 6 nitrogen and oxygen atoms in total. The molecule has 1 atom stereocenters. The second-order valence-corrected chi connectivity index (χ2v) is 8.93. The first-order valence-corrected chi connectivity index (χ1v) is 11.6. The van der Waals surface area contributed by atoms with Gasteiger partial charge in [0.05, 0.1) is 21.5 Å². The summed E-state index contributed by atoms with van der Waals surface area (Å²) in [5, 5.41) is 2.81. The van der Waals surface area contributed by atoms with Crippen LogP contribution in [0.3, 0.4) is 0 Å². The number of nitrogens with one attached hydrogen (secondary N) is 1. The maximum Gasteiger partial charge on any atom is 0.387 e. The second-order valence-electron chi connectivity index (χ2n) is 6.58. The lowest BCUT2D eigenvalue weighted by molar-refractivity contribution is -0.0506. The topological polar surface area (TPSA) is 75.7 Å². The number of carbonyl (C=O) groups excluding carboxylic acids is 1. The molecule has 0 aliphatic rings. The lowest BCUT2D eigenvalue weighted by Gasteiger charge is -2.22. The van der Waals surface area contributed by atoms with E-state index in [1.165, 1.54) is 28.6 Å². The number of para-hydroxylation sites is 1. The molecule has 0 aliphatic heterocycles. The number of ether oxygens (including phenoxy) is 1. The third kappa shape index (κ3) is 5.93. The van der Waals surface area contributed by atoms with Crippen molar-refractivity contribution in [1.29, 1.82) is 0 Å². The summed E-state index contributed by atoms with van der Waals surface area (Å²) >= 11 is 6.17. The van der Waals surface area contributed by atoms with Crippen molar-refractivity contribution in [3.05, 3.63) is 58.6 Å². The van der Waals surface area contributed by atoms with Crippen molar-refractivity contribution in [2.24, 2.45) is 0 Å². The zero-order valence-corrected chi connectivity index (χ0v) is 19.0. The van der Waals surface area contributed by atoms with Crippen LogP contribution in [0, 0.1) is 0 Å². The zero-order valence-electron chi connectivity index (χ0n) is 17.4. The SMILES string of the molecule is CCC(NC(=O)c1cc(S(=O)(=O)N(CC)CC)ccc1Cl)c1ccccc1OC(F)F. The van der Waals surface area contributed by atoms with Crippen molar-refractivity contribution < 1.29 is 26.7 Å². The molecule has 2 aromatic rings. The Morgan fingerprint density at radius 2 is 1.77 bits per heavy atom. The van der Waals surface area contributed by atoms with E-state index in [0.717, 1.165) is 0 Å². The van der Waals surface area contributed by atoms with Gasteiger partial charge in [0.25, 0.3) is 5.91 Å². The Kier molecular flexibility index (Phi) is 8.79. The first-order chi connectivity index (χ1) is 14.6. The van der Waals surface area contributed by atoms with Gasteiger partial charge in [-0.25, -0.2) is 8.42 Å². The maximum absolute atomic E-state index is 12.9. The Morgan fingerprint density at radius 1 is 1.13 bits per heavy atom. The number of benzene rings is 2. The van der Waals surface area contributed by atoms with E-state index in [-0.39, 0.29) is 34.3 Å². The minimum atomic E-state index is -3.79. The number of amides is 1. The Morgan fingerprint density at radius 3 is 2.35 bits per heavy atom. The molecule has 0 fully saturated rings. The molecule has 0 bridgehead atoms. The molecule has 0 spiro atoms. The van der Waals surface area contributed by atoms with Gasteiger partial charge in [-0.1, -0.05) is 50.6 Å². The van der Waals surface area contributed by atoms with Gasteiger partial charge in [-0.15, -0.1) is 0 Å². The number of nitrogens with zero attached hydrogens (tertiary/aromatic N) is 1. The molecule has 1 unspecified atom stereocenters. The lowest BCUT2D eigenvalue weighted by atomic mass is 10.0. The molecule has 1 N–H and O–H groups in total. The first kappa shape index (κ1) is 25.0. The number of carbonyl (C=O) groups is 1. The Hall–Kier alpha value is -2.23. The summed E-state index contributed by atoms with van der Waals surface area (Å²) < 4.78 is 56.9. The standard InChI is InChI=1S/C21H25ClF2N2O4S/c1-4-18(15-9-7-8-10-19(15)30-21(23)24)25-20(27)16-13-14(11-12-17(16)22)31(28,29)26(5-2)6-3/h7-13,18,21H,4-6H2,1-3H3,(H,25,27). The first-order valence-electron chi connectivity index (χ1n) is 9.79. The van der Waals surface area contributed by atoms with Gasteiger partial charge in [0.1, 0.15) is 5.75 Å². The van der Waals surface area contributed by atoms with Gasteiger partial charge in [-0.3, -0.25) is 4.79 Å². The van der Waals surface area contributed by atoms with Crippen molar-refractivity contribution in [3.63, 3.8) is 0 Å². The largest absolute Gasteiger partial charge is 0.434 e. The van der Waals surface area contributed by atoms with Gasteiger partial charge in [0, 0.05) is 18.7 Å². The molecule has 170 valence electrons. The third-order valence-corrected chi connectivity index (χ3v) is 7.13. The van der Waals surface area contributed by atoms with E-state index in [9.17, 15) is 22.0 Å². The normalized spacial score (nSPS) is 12.8. The van der Waals surface area contributed by atoms with Crippen LogP contribution >= 0.6 is 11.6 Å². The fraction of sp³-hybridized carbons (Fsp3) is 0.381. The molecule has 0 saturated heterocycles. The highest BCUT2D eigenvalue weighted by molar-refractivity contribution is 7.89. The van der Waals surface area contributed by atoms with E-state index in [2.05, 4.69) is 10.1 Å². The Labute approximate surface area is 186 Å². The molecule has 10 heteroatoms. The number of alkyl halides is 2. The van der Waals surface area contributed by atoms with Gasteiger partial charge in [-0.05, 0) is 30.7 Å². The van der Waals surface area contributed by atoms with Gasteiger partial charge < -0.3 is 10.1 Å². The fourth-order valence-electron chi connectivity index (χ4n) is 3.16. The lowest BCUT2D eigenvalue weighted by Crippen LogP contribution is -2.31. The van der Waals surface area contributed by atoms with Crippen molar-refractivity contribution in [2.75, 3.05) is 13.1 Å². The van der Waals surface area contributed by atoms with Crippen LogP contribution in [0.25, 0.3) is 0 Å². The highest BCUT2D eigenvalue weighted by Gasteiger charge is 2.25. The van der Waals surface area contributed by atoms with Crippen molar-refractivity contribution in [3.8, 4) is 5.75 Å². The summed E-state index contributed by atoms with van der Waals surface area (Å²) in [6, 6.07) is 9.43. The minimum Gasteiger partial charge on any atom is -0.434 e. The van der Waals surface area contributed by atoms with Gasteiger partial charge in [0.15, 0.2) is 0 Å². The molecule has 2 rings (SSSR count). The number of hydrogen-bond acceptors (Lipinski definition) is 4. The minimum absolute atomic E-state index is 0.0272. The van der Waals surface area contributed by atoms with Crippen LogP contribution in [0.2, 0.25) is 5.02 Å². The Bertz CT molecular complexity index is 1010. The van der Waals surface area contributed by atoms with Crippen LogP contribution in [-0.4, -0.2) is 38.3 Å². The van der Waals surface area contributed by atoms with Crippen molar-refractivity contribution in [2.45, 2.75) is 44.7 Å². The van der Waals surface area contributed by atoms with Crippen molar-refractivity contribution >= 4 is 27.5 Å². The molecule has 31 heavy (non-hydrogen) atoms. The summed E-state index contributed by atoms with van der Waals surface area (Å²) in [7, 11) is -3.79. The summed E-state index contributed by atoms with van der Waals surface area (Å²) in [5.41, 5.74) is 0.349. The van der Waals surface area contributed by atoms with Crippen LogP contribution in [0.1, 0.15) is 49.2 Å². The van der Waals surface area contributed by atoms with Crippen LogP contribution in [-0.2, 0) is 10.0 Å². The van der Waals surface area contributed by atoms with Gasteiger partial charge >= 0.3 is 6.61 Å². The summed E-state index contributed by atoms with van der Waals surface area (Å²) in [6.45, 7) is 2.76. The molecule has 2 aromatic carbocycles. The second kappa shape index (κ2) is 10.9. The molecule has 0 aliphatic carbocycles. The maximum atomic E-state index is 12.9. The number of sulfonamides is 1. The zero-order chi connectivity index (χ0) is 23.2. The van der Waals surface area contributed by atoms with Crippen LogP contribution < -0.4 is 10.1 Å². The van der Waals surface area contributed by atoms with E-state index in [1.54, 1.807) is 39.0 Å². The smallest absolute Gasteiger partial charge is 0.387 e. The van der Waals surface area contributed by atoms with Crippen LogP contribution in [0.4, 0.5) is 8.78 Å². The Balaban J connectivity index is 2.37. The highest BCUT2D eigenvalue weighted by atomic mass is 35.5. The molecule has 0 saturated carbocycles. The van der Waals surface area contributed by atoms with Crippen molar-refractivity contribution in [1.82, 2.24) is 9.62 Å². The van der Waals surface area contributed by atoms with E-state index >= 15 is 0 Å². The molecule has 0 heterocycles. The van der Waals surface area contributed by atoms with Crippen LogP contribution in [0.5, 0.6) is 5.75 Å². The molecular formula is C21H25ClF2N2O4S. The van der Waals surface area contributed by atoms with E-state index in [0.29, 0.717) is 12.0 Å². The number of rotatable bonds is 10. The molecule has 0 aromatic heterocycles. The molecule has 1 amide bonds. The average molecular weight is 475 g/mol. The monoisotopic (exact) mass is 474 g/mol. The molecule has 0 radical (unpaired) electrons. The quantitative estimate of drug-likeness (QED) is 0.534.